The first-order valence-corrected chi connectivity index (χ1v) is 28.2. The lowest BCUT2D eigenvalue weighted by Crippen LogP contribution is -2.30. The van der Waals surface area contributed by atoms with Crippen molar-refractivity contribution in [1.29, 1.82) is 0 Å². The van der Waals surface area contributed by atoms with Gasteiger partial charge in [0.05, 0.1) is 0 Å². The van der Waals surface area contributed by atoms with Crippen LogP contribution in [0.25, 0.3) is 0 Å². The summed E-state index contributed by atoms with van der Waals surface area (Å²) in [4.78, 5) is 38.1. The monoisotopic (exact) mass is 891 g/mol. The summed E-state index contributed by atoms with van der Waals surface area (Å²) >= 11 is 0. The first-order valence-electron chi connectivity index (χ1n) is 28.2. The lowest BCUT2D eigenvalue weighted by atomic mass is 9.99. The number of rotatable bonds is 50. The van der Waals surface area contributed by atoms with Gasteiger partial charge in [0.1, 0.15) is 13.2 Å². The van der Waals surface area contributed by atoms with Crippen LogP contribution in [0.5, 0.6) is 0 Å². The molecule has 0 radical (unpaired) electrons. The van der Waals surface area contributed by atoms with Crippen molar-refractivity contribution >= 4 is 17.9 Å². The Morgan fingerprint density at radius 3 is 0.825 bits per heavy atom. The fourth-order valence-electron chi connectivity index (χ4n) is 8.58. The minimum Gasteiger partial charge on any atom is -0.462 e. The SMILES string of the molecule is CCC(C)CCCCCCCCCCCCCCCCC(=O)OC[C@@H](COC(=O)CCCCCCCCCCCCC(C)CC)OC(=O)CCCCCCCCCCCCC(C)C. The second-order valence-electron chi connectivity index (χ2n) is 20.5. The van der Waals surface area contributed by atoms with Gasteiger partial charge in [0.15, 0.2) is 6.10 Å². The summed E-state index contributed by atoms with van der Waals surface area (Å²) in [5.74, 6) is 1.73. The number of hydrogen-bond donors (Lipinski definition) is 0. The molecule has 0 amide bonds. The highest BCUT2D eigenvalue weighted by Gasteiger charge is 2.19. The summed E-state index contributed by atoms with van der Waals surface area (Å²) < 4.78 is 16.9. The van der Waals surface area contributed by atoms with E-state index in [4.69, 9.17) is 14.2 Å². The van der Waals surface area contributed by atoms with Gasteiger partial charge in [-0.15, -0.1) is 0 Å². The van der Waals surface area contributed by atoms with E-state index in [-0.39, 0.29) is 31.1 Å². The van der Waals surface area contributed by atoms with Crippen molar-refractivity contribution in [2.24, 2.45) is 17.8 Å². The summed E-state index contributed by atoms with van der Waals surface area (Å²) in [5.41, 5.74) is 0. The molecule has 0 saturated carbocycles. The number of hydrogen-bond acceptors (Lipinski definition) is 6. The fraction of sp³-hybridized carbons (Fsp3) is 0.947. The predicted molar refractivity (Wildman–Crippen MR) is 270 cm³/mol. The minimum absolute atomic E-state index is 0.0641. The number of unbranched alkanes of at least 4 members (excludes halogenated alkanes) is 31. The van der Waals surface area contributed by atoms with Gasteiger partial charge in [0.2, 0.25) is 0 Å². The van der Waals surface area contributed by atoms with E-state index in [0.29, 0.717) is 19.3 Å². The van der Waals surface area contributed by atoms with Crippen LogP contribution in [0, 0.1) is 17.8 Å². The molecule has 0 aliphatic rings. The Labute approximate surface area is 393 Å². The zero-order valence-electron chi connectivity index (χ0n) is 43.4. The van der Waals surface area contributed by atoms with Crippen LogP contribution >= 0.6 is 0 Å². The summed E-state index contributed by atoms with van der Waals surface area (Å²) in [6.07, 6.45) is 49.3. The molecule has 0 bridgehead atoms. The van der Waals surface area contributed by atoms with Crippen LogP contribution in [0.4, 0.5) is 0 Å². The Hall–Kier alpha value is -1.59. The van der Waals surface area contributed by atoms with E-state index >= 15 is 0 Å². The highest BCUT2D eigenvalue weighted by Crippen LogP contribution is 2.19. The smallest absolute Gasteiger partial charge is 0.306 e. The Balaban J connectivity index is 4.30. The fourth-order valence-corrected chi connectivity index (χ4v) is 8.58. The van der Waals surface area contributed by atoms with E-state index in [2.05, 4.69) is 41.5 Å². The van der Waals surface area contributed by atoms with Gasteiger partial charge < -0.3 is 14.2 Å². The molecule has 63 heavy (non-hydrogen) atoms. The highest BCUT2D eigenvalue weighted by molar-refractivity contribution is 5.71. The Morgan fingerprint density at radius 1 is 0.317 bits per heavy atom. The van der Waals surface area contributed by atoms with Crippen molar-refractivity contribution in [2.45, 2.75) is 317 Å². The molecular weight excluding hydrogens is 781 g/mol. The Morgan fingerprint density at radius 2 is 0.556 bits per heavy atom. The van der Waals surface area contributed by atoms with Gasteiger partial charge in [-0.25, -0.2) is 0 Å². The van der Waals surface area contributed by atoms with E-state index in [1.165, 1.54) is 193 Å². The number of carbonyl (C=O) groups excluding carboxylic acids is 3. The molecule has 0 spiro atoms. The zero-order chi connectivity index (χ0) is 46.3. The van der Waals surface area contributed by atoms with Crippen molar-refractivity contribution in [3.63, 3.8) is 0 Å². The molecule has 6 nitrogen and oxygen atoms in total. The van der Waals surface area contributed by atoms with Gasteiger partial charge in [-0.05, 0) is 37.0 Å². The molecule has 0 rings (SSSR count). The van der Waals surface area contributed by atoms with Gasteiger partial charge in [-0.2, -0.15) is 0 Å². The lowest BCUT2D eigenvalue weighted by molar-refractivity contribution is -0.167. The molecule has 0 aliphatic carbocycles. The van der Waals surface area contributed by atoms with Crippen LogP contribution in [0.3, 0.4) is 0 Å². The van der Waals surface area contributed by atoms with Gasteiger partial charge in [-0.1, -0.05) is 273 Å². The molecule has 0 saturated heterocycles. The molecule has 0 heterocycles. The van der Waals surface area contributed by atoms with Crippen molar-refractivity contribution in [2.75, 3.05) is 13.2 Å². The van der Waals surface area contributed by atoms with E-state index in [1.807, 2.05) is 0 Å². The van der Waals surface area contributed by atoms with Gasteiger partial charge >= 0.3 is 17.9 Å². The van der Waals surface area contributed by atoms with Crippen LogP contribution in [0.1, 0.15) is 311 Å². The summed E-state index contributed by atoms with van der Waals surface area (Å²) in [7, 11) is 0. The van der Waals surface area contributed by atoms with Gasteiger partial charge in [-0.3, -0.25) is 14.4 Å². The first kappa shape index (κ1) is 61.4. The molecule has 0 fully saturated rings. The summed E-state index contributed by atoms with van der Waals surface area (Å²) in [6, 6.07) is 0. The van der Waals surface area contributed by atoms with Crippen LogP contribution in [0.2, 0.25) is 0 Å². The topological polar surface area (TPSA) is 78.9 Å². The second kappa shape index (κ2) is 48.3. The van der Waals surface area contributed by atoms with E-state index < -0.39 is 6.10 Å². The largest absolute Gasteiger partial charge is 0.462 e. The maximum absolute atomic E-state index is 12.8. The maximum atomic E-state index is 12.8. The molecule has 2 unspecified atom stereocenters. The normalized spacial score (nSPS) is 13.0. The standard InChI is InChI=1S/C57H110O6/c1-7-52(5)44-38-32-26-20-13-11-9-10-12-14-22-28-34-40-46-55(58)61-49-54(63-57(60)48-42-36-30-24-17-15-19-25-31-37-43-51(3)4)50-62-56(59)47-41-35-29-23-18-16-21-27-33-39-45-53(6)8-2/h51-54H,7-50H2,1-6H3/t52?,53?,54-/m0/s1. The summed E-state index contributed by atoms with van der Waals surface area (Å²) in [6.45, 7) is 13.8. The highest BCUT2D eigenvalue weighted by atomic mass is 16.6. The van der Waals surface area contributed by atoms with Crippen molar-refractivity contribution in [1.82, 2.24) is 0 Å². The molecule has 3 atom stereocenters. The molecule has 6 heteroatoms. The predicted octanol–water partition coefficient (Wildman–Crippen LogP) is 18.3. The lowest BCUT2D eigenvalue weighted by Gasteiger charge is -2.18. The molecule has 0 aromatic carbocycles. The van der Waals surface area contributed by atoms with Crippen LogP contribution < -0.4 is 0 Å². The van der Waals surface area contributed by atoms with E-state index in [1.54, 1.807) is 0 Å². The maximum Gasteiger partial charge on any atom is 0.306 e. The third-order valence-electron chi connectivity index (χ3n) is 13.6. The molecule has 0 aliphatic heterocycles. The van der Waals surface area contributed by atoms with E-state index in [9.17, 15) is 14.4 Å². The molecular formula is C57H110O6. The van der Waals surface area contributed by atoms with Gasteiger partial charge in [0, 0.05) is 19.3 Å². The summed E-state index contributed by atoms with van der Waals surface area (Å²) in [5, 5.41) is 0. The van der Waals surface area contributed by atoms with Crippen molar-refractivity contribution < 1.29 is 28.6 Å². The third kappa shape index (κ3) is 48.2. The van der Waals surface area contributed by atoms with Crippen LogP contribution in [0.15, 0.2) is 0 Å². The molecule has 0 aromatic heterocycles. The first-order chi connectivity index (χ1) is 30.7. The molecule has 0 N–H and O–H groups in total. The van der Waals surface area contributed by atoms with Crippen LogP contribution in [-0.4, -0.2) is 37.2 Å². The van der Waals surface area contributed by atoms with Crippen molar-refractivity contribution in [3.05, 3.63) is 0 Å². The van der Waals surface area contributed by atoms with Crippen LogP contribution in [-0.2, 0) is 28.6 Å². The molecule has 374 valence electrons. The average Bonchev–Trinajstić information content (AvgIpc) is 3.27. The second-order valence-corrected chi connectivity index (χ2v) is 20.5. The number of carbonyl (C=O) groups is 3. The average molecular weight is 892 g/mol. The van der Waals surface area contributed by atoms with E-state index in [0.717, 1.165) is 75.5 Å². The zero-order valence-corrected chi connectivity index (χ0v) is 43.4. The Kier molecular flexibility index (Phi) is 47.1. The minimum atomic E-state index is -0.763. The molecule has 0 aromatic rings. The quantitative estimate of drug-likeness (QED) is 0.0344. The number of esters is 3. The van der Waals surface area contributed by atoms with Gasteiger partial charge in [0.25, 0.3) is 0 Å². The van der Waals surface area contributed by atoms with Crippen molar-refractivity contribution in [3.8, 4) is 0 Å². The Bertz CT molecular complexity index is 980. The third-order valence-corrected chi connectivity index (χ3v) is 13.6. The number of ether oxygens (including phenoxy) is 3.